The van der Waals surface area contributed by atoms with Crippen molar-refractivity contribution in [3.63, 3.8) is 0 Å². The molecule has 10 nitrogen and oxygen atoms in total. The molecule has 0 spiro atoms. The molecular formula is C16H22N6O4. The number of hydrogen-bond acceptors (Lipinski definition) is 7. The molecular weight excluding hydrogens is 340 g/mol. The van der Waals surface area contributed by atoms with Crippen LogP contribution in [0.2, 0.25) is 0 Å². The summed E-state index contributed by atoms with van der Waals surface area (Å²) in [7, 11) is 1.66. The predicted octanol–water partition coefficient (Wildman–Crippen LogP) is -1.57. The molecule has 3 aliphatic heterocycles. The van der Waals surface area contributed by atoms with Gasteiger partial charge in [0.05, 0.1) is 12.4 Å². The van der Waals surface area contributed by atoms with Crippen LogP contribution in [-0.4, -0.2) is 90.7 Å². The van der Waals surface area contributed by atoms with Crippen LogP contribution >= 0.6 is 0 Å². The van der Waals surface area contributed by atoms with E-state index >= 15 is 0 Å². The van der Waals surface area contributed by atoms with Crippen LogP contribution in [0.15, 0.2) is 22.8 Å². The van der Waals surface area contributed by atoms with Crippen molar-refractivity contribution < 1.29 is 18.8 Å². The van der Waals surface area contributed by atoms with Gasteiger partial charge in [-0.15, -0.1) is 0 Å². The van der Waals surface area contributed by atoms with Gasteiger partial charge in [0.1, 0.15) is 12.2 Å². The summed E-state index contributed by atoms with van der Waals surface area (Å²) in [6, 6.07) is 2.53. The van der Waals surface area contributed by atoms with Gasteiger partial charge in [0, 0.05) is 39.8 Å². The minimum Gasteiger partial charge on any atom is -0.459 e. The Bertz CT molecular complexity index is 700. The highest BCUT2D eigenvalue weighted by molar-refractivity contribution is 6.00. The van der Waals surface area contributed by atoms with Crippen LogP contribution in [-0.2, 0) is 4.79 Å². The Labute approximate surface area is 150 Å². The van der Waals surface area contributed by atoms with Crippen LogP contribution in [0.5, 0.6) is 0 Å². The lowest BCUT2D eigenvalue weighted by molar-refractivity contribution is -0.124. The van der Waals surface area contributed by atoms with E-state index in [-0.39, 0.29) is 24.1 Å². The Morgan fingerprint density at radius 3 is 2.69 bits per heavy atom. The van der Waals surface area contributed by atoms with E-state index in [4.69, 9.17) is 4.42 Å². The summed E-state index contributed by atoms with van der Waals surface area (Å²) in [4.78, 5) is 41.5. The fraction of sp³-hybridized carbons (Fsp3) is 0.562. The molecule has 0 bridgehead atoms. The molecule has 3 aliphatic rings. The molecule has 10 heteroatoms. The summed E-state index contributed by atoms with van der Waals surface area (Å²) >= 11 is 0. The molecule has 3 saturated heterocycles. The number of likely N-dealkylation sites (N-methyl/N-ethyl adjacent to an activating group) is 1. The van der Waals surface area contributed by atoms with Crippen molar-refractivity contribution in [1.82, 2.24) is 30.7 Å². The monoisotopic (exact) mass is 362 g/mol. The zero-order valence-electron chi connectivity index (χ0n) is 14.5. The second kappa shape index (κ2) is 6.71. The molecule has 0 aliphatic carbocycles. The predicted molar refractivity (Wildman–Crippen MR) is 90.0 cm³/mol. The van der Waals surface area contributed by atoms with E-state index in [1.54, 1.807) is 24.1 Å². The quantitative estimate of drug-likeness (QED) is 0.596. The number of rotatable bonds is 3. The van der Waals surface area contributed by atoms with Gasteiger partial charge in [-0.3, -0.25) is 30.4 Å². The van der Waals surface area contributed by atoms with E-state index in [0.29, 0.717) is 25.4 Å². The highest BCUT2D eigenvalue weighted by Gasteiger charge is 2.46. The Hall–Kier alpha value is -2.43. The molecule has 0 radical (unpaired) electrons. The highest BCUT2D eigenvalue weighted by atomic mass is 16.3. The van der Waals surface area contributed by atoms with Crippen molar-refractivity contribution in [1.29, 1.82) is 0 Å². The van der Waals surface area contributed by atoms with Gasteiger partial charge in [-0.2, -0.15) is 0 Å². The van der Waals surface area contributed by atoms with Crippen molar-refractivity contribution in [2.45, 2.75) is 18.4 Å². The Morgan fingerprint density at radius 2 is 2.00 bits per heavy atom. The maximum atomic E-state index is 12.3. The number of carbonyl (C=O) groups excluding carboxylic acids is 3. The molecule has 4 amide bonds. The molecule has 0 aromatic carbocycles. The van der Waals surface area contributed by atoms with Crippen LogP contribution in [0.4, 0.5) is 4.79 Å². The van der Waals surface area contributed by atoms with Gasteiger partial charge in [-0.05, 0) is 12.1 Å². The first-order valence-corrected chi connectivity index (χ1v) is 8.68. The SMILES string of the molecule is CN1C(=O)NC(=O)C2NC(CN3CCN(C(=O)c4ccco4)CC3)NC21. The maximum absolute atomic E-state index is 12.3. The lowest BCUT2D eigenvalue weighted by Gasteiger charge is -2.35. The lowest BCUT2D eigenvalue weighted by atomic mass is 10.2. The van der Waals surface area contributed by atoms with Gasteiger partial charge in [0.2, 0.25) is 5.91 Å². The van der Waals surface area contributed by atoms with Gasteiger partial charge in [0.25, 0.3) is 5.91 Å². The zero-order valence-corrected chi connectivity index (χ0v) is 14.5. The Kier molecular flexibility index (Phi) is 4.39. The molecule has 1 aromatic rings. The normalized spacial score (nSPS) is 29.7. The number of amides is 4. The fourth-order valence-corrected chi connectivity index (χ4v) is 3.66. The summed E-state index contributed by atoms with van der Waals surface area (Å²) in [5.41, 5.74) is 0. The van der Waals surface area contributed by atoms with E-state index in [0.717, 1.165) is 13.1 Å². The average molecular weight is 362 g/mol. The van der Waals surface area contributed by atoms with E-state index in [9.17, 15) is 14.4 Å². The molecule has 4 rings (SSSR count). The summed E-state index contributed by atoms with van der Waals surface area (Å²) in [5.74, 6) is -0.0306. The van der Waals surface area contributed by atoms with Gasteiger partial charge in [0.15, 0.2) is 5.76 Å². The summed E-state index contributed by atoms with van der Waals surface area (Å²) in [5, 5.41) is 8.88. The van der Waals surface area contributed by atoms with E-state index in [2.05, 4.69) is 20.9 Å². The van der Waals surface area contributed by atoms with Gasteiger partial charge in [-0.25, -0.2) is 4.79 Å². The van der Waals surface area contributed by atoms with Crippen LogP contribution in [0.25, 0.3) is 0 Å². The number of furan rings is 1. The molecule has 3 atom stereocenters. The summed E-state index contributed by atoms with van der Waals surface area (Å²) in [6.45, 7) is 3.41. The van der Waals surface area contributed by atoms with Crippen LogP contribution < -0.4 is 16.0 Å². The molecule has 4 heterocycles. The Morgan fingerprint density at radius 1 is 1.23 bits per heavy atom. The van der Waals surface area contributed by atoms with Crippen LogP contribution in [0.1, 0.15) is 10.6 Å². The third kappa shape index (κ3) is 3.06. The summed E-state index contributed by atoms with van der Waals surface area (Å²) < 4.78 is 5.17. The molecule has 26 heavy (non-hydrogen) atoms. The minimum absolute atomic E-state index is 0.0883. The van der Waals surface area contributed by atoms with Gasteiger partial charge in [-0.1, -0.05) is 0 Å². The van der Waals surface area contributed by atoms with E-state index in [1.165, 1.54) is 11.2 Å². The standard InChI is InChI=1S/C16H22N6O4/c1-20-13-12(14(23)19-16(20)25)17-11(18-13)9-21-4-6-22(7-5-21)15(24)10-3-2-8-26-10/h2-3,8,11-13,17-18H,4-7,9H2,1H3,(H,19,23,25). The number of urea groups is 1. The smallest absolute Gasteiger partial charge is 0.325 e. The highest BCUT2D eigenvalue weighted by Crippen LogP contribution is 2.15. The van der Waals surface area contributed by atoms with Crippen molar-refractivity contribution >= 4 is 17.8 Å². The topological polar surface area (TPSA) is 110 Å². The minimum atomic E-state index is -0.454. The number of nitrogens with one attached hydrogen (secondary N) is 3. The number of fused-ring (bicyclic) bond motifs is 1. The fourth-order valence-electron chi connectivity index (χ4n) is 3.66. The molecule has 0 saturated carbocycles. The first-order valence-electron chi connectivity index (χ1n) is 8.68. The van der Waals surface area contributed by atoms with Crippen molar-refractivity contribution in [2.75, 3.05) is 39.8 Å². The third-order valence-electron chi connectivity index (χ3n) is 5.15. The van der Waals surface area contributed by atoms with Crippen molar-refractivity contribution in [2.24, 2.45) is 0 Å². The first kappa shape index (κ1) is 17.0. The molecule has 3 unspecified atom stereocenters. The molecule has 3 fully saturated rings. The largest absolute Gasteiger partial charge is 0.459 e. The molecule has 3 N–H and O–H groups in total. The first-order chi connectivity index (χ1) is 12.5. The molecule has 140 valence electrons. The maximum Gasteiger partial charge on any atom is 0.325 e. The summed E-state index contributed by atoms with van der Waals surface area (Å²) in [6.07, 6.45) is 1.05. The number of nitrogens with zero attached hydrogens (tertiary/aromatic N) is 3. The average Bonchev–Trinajstić information content (AvgIpc) is 3.30. The lowest BCUT2D eigenvalue weighted by Crippen LogP contribution is -2.64. The van der Waals surface area contributed by atoms with E-state index in [1.807, 2.05) is 0 Å². The number of carbonyl (C=O) groups is 3. The Balaban J connectivity index is 1.29. The van der Waals surface area contributed by atoms with Crippen LogP contribution in [0.3, 0.4) is 0 Å². The van der Waals surface area contributed by atoms with Gasteiger partial charge >= 0.3 is 6.03 Å². The van der Waals surface area contributed by atoms with Gasteiger partial charge < -0.3 is 14.2 Å². The third-order valence-corrected chi connectivity index (χ3v) is 5.15. The zero-order chi connectivity index (χ0) is 18.3. The second-order valence-electron chi connectivity index (χ2n) is 6.78. The van der Waals surface area contributed by atoms with Crippen molar-refractivity contribution in [3.05, 3.63) is 24.2 Å². The van der Waals surface area contributed by atoms with Crippen LogP contribution in [0, 0.1) is 0 Å². The number of piperazine rings is 1. The van der Waals surface area contributed by atoms with Crippen molar-refractivity contribution in [3.8, 4) is 0 Å². The van der Waals surface area contributed by atoms with E-state index < -0.39 is 12.1 Å². The molecule has 1 aromatic heterocycles. The second-order valence-corrected chi connectivity index (χ2v) is 6.78. The number of hydrogen-bond donors (Lipinski definition) is 3. The number of imide groups is 1.